The maximum absolute atomic E-state index is 13.3. The van der Waals surface area contributed by atoms with E-state index in [1.54, 1.807) is 37.6 Å². The minimum absolute atomic E-state index is 0.0279. The highest BCUT2D eigenvalue weighted by Crippen LogP contribution is 2.40. The van der Waals surface area contributed by atoms with Crippen molar-refractivity contribution in [3.8, 4) is 16.9 Å². The van der Waals surface area contributed by atoms with Gasteiger partial charge in [0.15, 0.2) is 11.3 Å². The number of aryl methyl sites for hydroxylation is 1. The van der Waals surface area contributed by atoms with Crippen LogP contribution in [0.1, 0.15) is 43.6 Å². The largest absolute Gasteiger partial charge is 0.496 e. The van der Waals surface area contributed by atoms with Gasteiger partial charge in [-0.1, -0.05) is 24.3 Å². The maximum Gasteiger partial charge on any atom is 0.269 e. The number of H-pyrrole nitrogens is 1. The minimum Gasteiger partial charge on any atom is -0.496 e. The molecule has 5 rings (SSSR count). The molecule has 1 unspecified atom stereocenters. The number of hydrogen-bond donors (Lipinski definition) is 3. The molecule has 1 aliphatic heterocycles. The Bertz CT molecular complexity index is 1380. The summed E-state index contributed by atoms with van der Waals surface area (Å²) in [6.45, 7) is 1.94. The number of amides is 2. The van der Waals surface area contributed by atoms with Crippen LogP contribution in [0.5, 0.6) is 5.75 Å². The fraction of sp³-hybridized carbons (Fsp3) is 0.130. The summed E-state index contributed by atoms with van der Waals surface area (Å²) in [6, 6.07) is 12.4. The molecule has 2 amide bonds. The zero-order chi connectivity index (χ0) is 21.7. The van der Waals surface area contributed by atoms with Crippen LogP contribution in [0.4, 0.5) is 0 Å². The molecule has 154 valence electrons. The molecule has 0 radical (unpaired) electrons. The fourth-order valence-corrected chi connectivity index (χ4v) is 4.23. The zero-order valence-electron chi connectivity index (χ0n) is 16.9. The molecule has 1 aliphatic rings. The van der Waals surface area contributed by atoms with Crippen molar-refractivity contribution in [2.45, 2.75) is 13.0 Å². The number of ether oxygens (including phenoxy) is 1. The molecule has 0 fully saturated rings. The Morgan fingerprint density at radius 2 is 1.90 bits per heavy atom. The smallest absolute Gasteiger partial charge is 0.269 e. The predicted molar refractivity (Wildman–Crippen MR) is 115 cm³/mol. The molecule has 0 spiro atoms. The Balaban J connectivity index is 1.86. The van der Waals surface area contributed by atoms with E-state index < -0.39 is 11.9 Å². The predicted octanol–water partition coefficient (Wildman–Crippen LogP) is 2.87. The molecule has 1 atom stereocenters. The van der Waals surface area contributed by atoms with E-state index in [0.717, 1.165) is 22.4 Å². The number of benzene rings is 2. The van der Waals surface area contributed by atoms with E-state index in [4.69, 9.17) is 10.5 Å². The van der Waals surface area contributed by atoms with E-state index in [2.05, 4.69) is 20.5 Å². The fourth-order valence-electron chi connectivity index (χ4n) is 4.23. The van der Waals surface area contributed by atoms with Gasteiger partial charge < -0.3 is 20.8 Å². The third-order valence-corrected chi connectivity index (χ3v) is 5.64. The number of aromatic nitrogens is 3. The molecule has 31 heavy (non-hydrogen) atoms. The summed E-state index contributed by atoms with van der Waals surface area (Å²) >= 11 is 0. The summed E-state index contributed by atoms with van der Waals surface area (Å²) in [5.74, 6) is -0.210. The van der Waals surface area contributed by atoms with Crippen molar-refractivity contribution >= 4 is 22.8 Å². The third kappa shape index (κ3) is 2.83. The number of primary amides is 1. The number of carbonyl (C=O) groups is 2. The number of nitrogens with zero attached hydrogens (tertiary/aromatic N) is 2. The molecule has 8 nitrogen and oxygen atoms in total. The highest BCUT2D eigenvalue weighted by atomic mass is 16.5. The molecule has 0 bridgehead atoms. The van der Waals surface area contributed by atoms with Gasteiger partial charge in [-0.2, -0.15) is 0 Å². The minimum atomic E-state index is -0.704. The highest BCUT2D eigenvalue weighted by molar-refractivity contribution is 6.13. The van der Waals surface area contributed by atoms with Crippen LogP contribution in [0, 0.1) is 6.92 Å². The molecule has 4 aromatic rings. The first-order chi connectivity index (χ1) is 15.0. The Hall–Kier alpha value is -4.20. The van der Waals surface area contributed by atoms with Gasteiger partial charge in [-0.15, -0.1) is 10.2 Å². The lowest BCUT2D eigenvalue weighted by Gasteiger charge is -2.24. The van der Waals surface area contributed by atoms with Crippen molar-refractivity contribution in [1.29, 1.82) is 0 Å². The molecule has 0 saturated heterocycles. The van der Waals surface area contributed by atoms with Gasteiger partial charge in [0.05, 0.1) is 13.2 Å². The van der Waals surface area contributed by atoms with E-state index >= 15 is 0 Å². The van der Waals surface area contributed by atoms with E-state index in [1.165, 1.54) is 0 Å². The Morgan fingerprint density at radius 3 is 2.61 bits per heavy atom. The van der Waals surface area contributed by atoms with Gasteiger partial charge in [0, 0.05) is 28.3 Å². The van der Waals surface area contributed by atoms with Crippen molar-refractivity contribution in [3.63, 3.8) is 0 Å². The number of nitrogens with one attached hydrogen (secondary N) is 2. The molecular weight excluding hydrogens is 394 g/mol. The topological polar surface area (TPSA) is 123 Å². The molecular formula is C23H19N5O3. The SMILES string of the molecule is COc1ccc(C2NC(=O)c3ccccc3-c3c(C(N)=O)nnc4[nH]cc2c34)cc1C. The normalized spacial score (nSPS) is 15.0. The highest BCUT2D eigenvalue weighted by Gasteiger charge is 2.31. The molecule has 2 aromatic carbocycles. The summed E-state index contributed by atoms with van der Waals surface area (Å²) in [7, 11) is 1.62. The number of methoxy groups -OCH3 is 1. The van der Waals surface area contributed by atoms with E-state index in [9.17, 15) is 9.59 Å². The lowest BCUT2D eigenvalue weighted by Crippen LogP contribution is -2.31. The summed E-state index contributed by atoms with van der Waals surface area (Å²) < 4.78 is 5.38. The van der Waals surface area contributed by atoms with Gasteiger partial charge in [-0.25, -0.2) is 0 Å². The van der Waals surface area contributed by atoms with E-state index in [-0.39, 0.29) is 11.6 Å². The molecule has 0 saturated carbocycles. The van der Waals surface area contributed by atoms with Crippen LogP contribution in [0.2, 0.25) is 0 Å². The molecule has 2 aromatic heterocycles. The summed E-state index contributed by atoms with van der Waals surface area (Å²) in [5, 5.41) is 12.0. The monoisotopic (exact) mass is 413 g/mol. The zero-order valence-corrected chi connectivity index (χ0v) is 16.9. The molecule has 3 heterocycles. The van der Waals surface area contributed by atoms with Crippen molar-refractivity contribution in [2.75, 3.05) is 7.11 Å². The van der Waals surface area contributed by atoms with Crippen LogP contribution in [-0.2, 0) is 0 Å². The lowest BCUT2D eigenvalue weighted by molar-refractivity contribution is 0.0941. The van der Waals surface area contributed by atoms with Gasteiger partial charge in [0.2, 0.25) is 0 Å². The quantitative estimate of drug-likeness (QED) is 0.477. The van der Waals surface area contributed by atoms with Gasteiger partial charge in [-0.3, -0.25) is 9.59 Å². The summed E-state index contributed by atoms with van der Waals surface area (Å²) in [6.07, 6.45) is 1.78. The number of fused-ring (bicyclic) bond motifs is 2. The van der Waals surface area contributed by atoms with E-state index in [1.807, 2.05) is 25.1 Å². The molecule has 0 aliphatic carbocycles. The second kappa shape index (κ2) is 6.94. The average molecular weight is 413 g/mol. The first kappa shape index (κ1) is 18.8. The standard InChI is InChI=1S/C23H19N5O3/c1-11-9-12(7-8-16(11)31-2)19-15-10-25-22-18(15)17(20(21(24)29)27-28-22)13-5-3-4-6-14(13)23(30)26-19/h3-10,19H,1-2H3,(H2,24,29)(H,25,28)(H,26,30). The second-order valence-electron chi connectivity index (χ2n) is 7.44. The first-order valence-electron chi connectivity index (χ1n) is 9.72. The van der Waals surface area contributed by atoms with Crippen molar-refractivity contribution in [3.05, 3.63) is 76.6 Å². The van der Waals surface area contributed by atoms with Crippen LogP contribution in [0.15, 0.2) is 48.7 Å². The number of hydrogen-bond acceptors (Lipinski definition) is 5. The second-order valence-corrected chi connectivity index (χ2v) is 7.44. The van der Waals surface area contributed by atoms with Crippen LogP contribution in [-0.4, -0.2) is 34.1 Å². The van der Waals surface area contributed by atoms with Gasteiger partial charge >= 0.3 is 0 Å². The van der Waals surface area contributed by atoms with Crippen LogP contribution < -0.4 is 15.8 Å². The average Bonchev–Trinajstić information content (AvgIpc) is 3.19. The van der Waals surface area contributed by atoms with Gasteiger partial charge in [0.25, 0.3) is 11.8 Å². The van der Waals surface area contributed by atoms with Crippen LogP contribution in [0.3, 0.4) is 0 Å². The van der Waals surface area contributed by atoms with Crippen molar-refractivity contribution in [1.82, 2.24) is 20.5 Å². The molecule has 4 N–H and O–H groups in total. The first-order valence-corrected chi connectivity index (χ1v) is 9.72. The van der Waals surface area contributed by atoms with Crippen LogP contribution in [0.25, 0.3) is 22.2 Å². The van der Waals surface area contributed by atoms with Gasteiger partial charge in [0.1, 0.15) is 5.75 Å². The van der Waals surface area contributed by atoms with Crippen LogP contribution >= 0.6 is 0 Å². The van der Waals surface area contributed by atoms with Crippen molar-refractivity contribution < 1.29 is 14.3 Å². The lowest BCUT2D eigenvalue weighted by atomic mass is 9.88. The summed E-state index contributed by atoms with van der Waals surface area (Å²) in [4.78, 5) is 28.6. The van der Waals surface area contributed by atoms with Crippen molar-refractivity contribution in [2.24, 2.45) is 5.73 Å². The number of rotatable bonds is 3. The Kier molecular flexibility index (Phi) is 4.21. The number of nitrogens with two attached hydrogens (primary N) is 1. The Morgan fingerprint density at radius 1 is 1.13 bits per heavy atom. The van der Waals surface area contributed by atoms with E-state index in [0.29, 0.717) is 27.7 Å². The maximum atomic E-state index is 13.3. The summed E-state index contributed by atoms with van der Waals surface area (Å²) in [5.41, 5.74) is 10.3. The van der Waals surface area contributed by atoms with Gasteiger partial charge in [-0.05, 0) is 41.8 Å². The third-order valence-electron chi connectivity index (χ3n) is 5.64. The number of carbonyl (C=O) groups excluding carboxylic acids is 2. The Labute approximate surface area is 177 Å². The number of aromatic amines is 1. The molecule has 8 heteroatoms.